The van der Waals surface area contributed by atoms with Crippen molar-refractivity contribution in [3.63, 3.8) is 0 Å². The molecule has 0 aromatic carbocycles. The highest BCUT2D eigenvalue weighted by atomic mass is 16.5. The predicted molar refractivity (Wildman–Crippen MR) is 73.5 cm³/mol. The van der Waals surface area contributed by atoms with E-state index in [9.17, 15) is 0 Å². The van der Waals surface area contributed by atoms with Crippen molar-refractivity contribution in [1.29, 1.82) is 0 Å². The first-order chi connectivity index (χ1) is 9.16. The fraction of sp³-hybridized carbons (Fsp3) is 0.429. The Bertz CT molecular complexity index is 557. The average molecular weight is 258 g/mol. The zero-order valence-electron chi connectivity index (χ0n) is 11.3. The van der Waals surface area contributed by atoms with E-state index in [1.165, 1.54) is 0 Å². The minimum atomic E-state index is 0.263. The first-order valence-electron chi connectivity index (χ1n) is 6.44. The van der Waals surface area contributed by atoms with Crippen LogP contribution in [0.15, 0.2) is 30.7 Å². The van der Waals surface area contributed by atoms with Crippen molar-refractivity contribution in [1.82, 2.24) is 14.5 Å². The number of pyridine rings is 1. The van der Waals surface area contributed by atoms with Gasteiger partial charge in [-0.3, -0.25) is 4.57 Å². The van der Waals surface area contributed by atoms with E-state index in [-0.39, 0.29) is 5.41 Å². The van der Waals surface area contributed by atoms with E-state index in [1.54, 1.807) is 6.20 Å². The summed E-state index contributed by atoms with van der Waals surface area (Å²) in [5.41, 5.74) is 1.30. The molecule has 0 saturated carbocycles. The first kappa shape index (κ1) is 12.2. The number of hydrogen-bond donors (Lipinski definition) is 1. The second kappa shape index (κ2) is 4.66. The number of aromatic nitrogens is 3. The zero-order chi connectivity index (χ0) is 13.3. The van der Waals surface area contributed by atoms with Crippen LogP contribution >= 0.6 is 0 Å². The lowest BCUT2D eigenvalue weighted by molar-refractivity contribution is -0.0924. The number of aryl methyl sites for hydroxylation is 1. The second-order valence-corrected chi connectivity index (χ2v) is 5.41. The Morgan fingerprint density at radius 2 is 2.21 bits per heavy atom. The van der Waals surface area contributed by atoms with Crippen LogP contribution in [0.3, 0.4) is 0 Å². The topological polar surface area (TPSA) is 52.0 Å². The number of nitrogens with zero attached hydrogens (tertiary/aromatic N) is 3. The first-order valence-corrected chi connectivity index (χ1v) is 6.44. The molecule has 1 aliphatic rings. The van der Waals surface area contributed by atoms with Crippen molar-refractivity contribution in [3.05, 3.63) is 36.5 Å². The Labute approximate surface area is 112 Å². The molecule has 0 amide bonds. The molecule has 1 saturated heterocycles. The lowest BCUT2D eigenvalue weighted by Crippen LogP contribution is -2.45. The summed E-state index contributed by atoms with van der Waals surface area (Å²) in [5.74, 6) is 1.83. The molecule has 5 heteroatoms. The van der Waals surface area contributed by atoms with E-state index in [4.69, 9.17) is 4.74 Å². The van der Waals surface area contributed by atoms with Crippen LogP contribution in [0.5, 0.6) is 0 Å². The molecule has 0 spiro atoms. The third-order valence-electron chi connectivity index (χ3n) is 3.44. The van der Waals surface area contributed by atoms with E-state index in [0.29, 0.717) is 0 Å². The van der Waals surface area contributed by atoms with E-state index in [1.807, 2.05) is 36.0 Å². The Morgan fingerprint density at radius 3 is 2.74 bits per heavy atom. The van der Waals surface area contributed by atoms with Gasteiger partial charge in [-0.1, -0.05) is 6.92 Å². The van der Waals surface area contributed by atoms with Gasteiger partial charge in [0.1, 0.15) is 11.6 Å². The van der Waals surface area contributed by atoms with Crippen molar-refractivity contribution in [3.8, 4) is 5.82 Å². The van der Waals surface area contributed by atoms with E-state index >= 15 is 0 Å². The number of nitrogens with one attached hydrogen (secondary N) is 1. The SMILES string of the molecule is Cc1nccn1-c1ccc(NCC2(C)COC2)cn1. The fourth-order valence-corrected chi connectivity index (χ4v) is 2.12. The van der Waals surface area contributed by atoms with Crippen molar-refractivity contribution in [2.45, 2.75) is 13.8 Å². The number of rotatable bonds is 4. The molecule has 3 heterocycles. The quantitative estimate of drug-likeness (QED) is 0.911. The summed E-state index contributed by atoms with van der Waals surface area (Å²) in [6.07, 6.45) is 5.55. The molecule has 100 valence electrons. The summed E-state index contributed by atoms with van der Waals surface area (Å²) >= 11 is 0. The van der Waals surface area contributed by atoms with Crippen molar-refractivity contribution >= 4 is 5.69 Å². The third-order valence-corrected chi connectivity index (χ3v) is 3.44. The Hall–Kier alpha value is -1.88. The van der Waals surface area contributed by atoms with Gasteiger partial charge < -0.3 is 10.1 Å². The van der Waals surface area contributed by atoms with Gasteiger partial charge in [0, 0.05) is 24.4 Å². The van der Waals surface area contributed by atoms with Crippen LogP contribution < -0.4 is 5.32 Å². The van der Waals surface area contributed by atoms with E-state index in [2.05, 4.69) is 22.2 Å². The number of ether oxygens (including phenoxy) is 1. The van der Waals surface area contributed by atoms with Gasteiger partial charge in [0.2, 0.25) is 0 Å². The highest BCUT2D eigenvalue weighted by molar-refractivity contribution is 5.44. The smallest absolute Gasteiger partial charge is 0.138 e. The highest BCUT2D eigenvalue weighted by Crippen LogP contribution is 2.26. The van der Waals surface area contributed by atoms with E-state index < -0.39 is 0 Å². The van der Waals surface area contributed by atoms with Crippen LogP contribution in [0.1, 0.15) is 12.7 Å². The number of hydrogen-bond acceptors (Lipinski definition) is 4. The van der Waals surface area contributed by atoms with Crippen LogP contribution in [0.4, 0.5) is 5.69 Å². The monoisotopic (exact) mass is 258 g/mol. The maximum absolute atomic E-state index is 5.24. The third kappa shape index (κ3) is 2.46. The van der Waals surface area contributed by atoms with Crippen LogP contribution in [0.2, 0.25) is 0 Å². The standard InChI is InChI=1S/C14H18N4O/c1-11-15-5-6-18(11)13-4-3-12(7-16-13)17-8-14(2)9-19-10-14/h3-7,17H,8-10H2,1-2H3. The van der Waals surface area contributed by atoms with Gasteiger partial charge in [-0.05, 0) is 19.1 Å². The van der Waals surface area contributed by atoms with Crippen LogP contribution in [0, 0.1) is 12.3 Å². The molecule has 0 unspecified atom stereocenters. The molecular formula is C14H18N4O. The average Bonchev–Trinajstić information content (AvgIpc) is 2.81. The lowest BCUT2D eigenvalue weighted by atomic mass is 9.89. The predicted octanol–water partition coefficient (Wildman–Crippen LogP) is 2.02. The Morgan fingerprint density at radius 1 is 1.37 bits per heavy atom. The lowest BCUT2D eigenvalue weighted by Gasteiger charge is -2.38. The fourth-order valence-electron chi connectivity index (χ4n) is 2.12. The van der Waals surface area contributed by atoms with Crippen LogP contribution in [-0.2, 0) is 4.74 Å². The minimum absolute atomic E-state index is 0.263. The molecule has 5 nitrogen and oxygen atoms in total. The van der Waals surface area contributed by atoms with Gasteiger partial charge in [0.25, 0.3) is 0 Å². The van der Waals surface area contributed by atoms with Gasteiger partial charge in [-0.15, -0.1) is 0 Å². The molecule has 19 heavy (non-hydrogen) atoms. The molecular weight excluding hydrogens is 240 g/mol. The van der Waals surface area contributed by atoms with Gasteiger partial charge in [0.15, 0.2) is 0 Å². The Kier molecular flexibility index (Phi) is 2.98. The Balaban J connectivity index is 1.67. The van der Waals surface area contributed by atoms with Gasteiger partial charge in [-0.25, -0.2) is 9.97 Å². The summed E-state index contributed by atoms with van der Waals surface area (Å²) in [6.45, 7) is 6.77. The summed E-state index contributed by atoms with van der Waals surface area (Å²) in [6, 6.07) is 4.04. The molecule has 0 bridgehead atoms. The number of imidazole rings is 1. The van der Waals surface area contributed by atoms with Gasteiger partial charge >= 0.3 is 0 Å². The molecule has 1 N–H and O–H groups in total. The van der Waals surface area contributed by atoms with E-state index in [0.717, 1.165) is 37.1 Å². The van der Waals surface area contributed by atoms with Crippen LogP contribution in [0.25, 0.3) is 5.82 Å². The second-order valence-electron chi connectivity index (χ2n) is 5.41. The van der Waals surface area contributed by atoms with Crippen molar-refractivity contribution in [2.75, 3.05) is 25.1 Å². The largest absolute Gasteiger partial charge is 0.383 e. The van der Waals surface area contributed by atoms with Crippen molar-refractivity contribution < 1.29 is 4.74 Å². The molecule has 0 atom stereocenters. The summed E-state index contributed by atoms with van der Waals surface area (Å²) in [5, 5.41) is 3.41. The summed E-state index contributed by atoms with van der Waals surface area (Å²) in [4.78, 5) is 8.65. The maximum atomic E-state index is 5.24. The summed E-state index contributed by atoms with van der Waals surface area (Å²) in [7, 11) is 0. The molecule has 0 aliphatic carbocycles. The van der Waals surface area contributed by atoms with Gasteiger partial charge in [0.05, 0.1) is 25.1 Å². The molecule has 2 aromatic rings. The number of anilines is 1. The molecule has 1 fully saturated rings. The normalized spacial score (nSPS) is 16.9. The molecule has 0 radical (unpaired) electrons. The molecule has 1 aliphatic heterocycles. The van der Waals surface area contributed by atoms with Crippen molar-refractivity contribution in [2.24, 2.45) is 5.41 Å². The minimum Gasteiger partial charge on any atom is -0.383 e. The molecule has 3 rings (SSSR count). The van der Waals surface area contributed by atoms with Gasteiger partial charge in [-0.2, -0.15) is 0 Å². The molecule has 2 aromatic heterocycles. The zero-order valence-corrected chi connectivity index (χ0v) is 11.3. The maximum Gasteiger partial charge on any atom is 0.138 e. The van der Waals surface area contributed by atoms with Crippen LogP contribution in [-0.4, -0.2) is 34.3 Å². The summed E-state index contributed by atoms with van der Waals surface area (Å²) < 4.78 is 7.20. The highest BCUT2D eigenvalue weighted by Gasteiger charge is 2.32.